The maximum absolute atomic E-state index is 13.3. The normalized spacial score (nSPS) is 22.7. The van der Waals surface area contributed by atoms with Crippen LogP contribution in [0, 0.1) is 0 Å². The standard InChI is InChI=1S/C19H23NO5S2.ClH/c21-26(22)13-18(27(23,24)15-5-2-1-3-6-15)19-16(7-4-8-17(19)26)25-14-9-11-20-12-10-14;/h1-8,14,18,20-22H,9-13H2;1H. The number of hydrogen-bond acceptors (Lipinski definition) is 6. The lowest BCUT2D eigenvalue weighted by Gasteiger charge is -2.28. The fraction of sp³-hybridized carbons (Fsp3) is 0.368. The highest BCUT2D eigenvalue weighted by Gasteiger charge is 2.45. The van der Waals surface area contributed by atoms with Gasteiger partial charge in [-0.05, 0) is 50.2 Å². The number of piperidine rings is 1. The van der Waals surface area contributed by atoms with Gasteiger partial charge in [0.2, 0.25) is 0 Å². The minimum Gasteiger partial charge on any atom is -0.490 e. The molecule has 2 heterocycles. The lowest BCUT2D eigenvalue weighted by molar-refractivity contribution is 0.160. The summed E-state index contributed by atoms with van der Waals surface area (Å²) in [5.74, 6) is 0.216. The molecule has 2 aliphatic heterocycles. The highest BCUT2D eigenvalue weighted by Crippen LogP contribution is 2.63. The third-order valence-corrected chi connectivity index (χ3v) is 9.26. The van der Waals surface area contributed by atoms with E-state index in [0.717, 1.165) is 25.9 Å². The van der Waals surface area contributed by atoms with Crippen LogP contribution in [0.2, 0.25) is 0 Å². The number of hydrogen-bond donors (Lipinski definition) is 3. The number of halogens is 1. The van der Waals surface area contributed by atoms with Gasteiger partial charge in [-0.1, -0.05) is 24.3 Å². The Balaban J connectivity index is 0.00000225. The Bertz CT molecular complexity index is 931. The Morgan fingerprint density at radius 3 is 2.36 bits per heavy atom. The van der Waals surface area contributed by atoms with Crippen LogP contribution in [0.15, 0.2) is 58.3 Å². The molecule has 154 valence electrons. The van der Waals surface area contributed by atoms with Gasteiger partial charge in [0.15, 0.2) is 9.84 Å². The van der Waals surface area contributed by atoms with Crippen molar-refractivity contribution in [3.63, 3.8) is 0 Å². The van der Waals surface area contributed by atoms with Gasteiger partial charge in [-0.25, -0.2) is 8.42 Å². The van der Waals surface area contributed by atoms with E-state index in [-0.39, 0.29) is 29.2 Å². The van der Waals surface area contributed by atoms with E-state index in [1.54, 1.807) is 36.4 Å². The van der Waals surface area contributed by atoms with Crippen LogP contribution in [-0.2, 0) is 9.84 Å². The van der Waals surface area contributed by atoms with Crippen LogP contribution in [0.4, 0.5) is 0 Å². The van der Waals surface area contributed by atoms with Crippen LogP contribution < -0.4 is 10.1 Å². The predicted octanol–water partition coefficient (Wildman–Crippen LogP) is 3.88. The molecule has 1 atom stereocenters. The average Bonchev–Trinajstić information content (AvgIpc) is 2.96. The molecule has 6 nitrogen and oxygen atoms in total. The van der Waals surface area contributed by atoms with E-state index < -0.39 is 25.7 Å². The smallest absolute Gasteiger partial charge is 0.187 e. The molecule has 2 aliphatic rings. The van der Waals surface area contributed by atoms with Crippen LogP contribution in [-0.4, -0.2) is 42.5 Å². The Morgan fingerprint density at radius 1 is 1.00 bits per heavy atom. The van der Waals surface area contributed by atoms with Gasteiger partial charge in [0.05, 0.1) is 15.5 Å². The second-order valence-electron chi connectivity index (χ2n) is 6.92. The van der Waals surface area contributed by atoms with E-state index in [1.165, 1.54) is 12.1 Å². The van der Waals surface area contributed by atoms with Crippen LogP contribution in [0.25, 0.3) is 0 Å². The van der Waals surface area contributed by atoms with Gasteiger partial charge in [0.25, 0.3) is 0 Å². The molecule has 4 rings (SSSR count). The van der Waals surface area contributed by atoms with Crippen molar-refractivity contribution in [2.45, 2.75) is 34.0 Å². The summed E-state index contributed by atoms with van der Waals surface area (Å²) in [5, 5.41) is 2.24. The summed E-state index contributed by atoms with van der Waals surface area (Å²) in [6.07, 6.45) is 1.65. The van der Waals surface area contributed by atoms with Gasteiger partial charge >= 0.3 is 0 Å². The first-order valence-corrected chi connectivity index (χ1v) is 12.2. The van der Waals surface area contributed by atoms with Gasteiger partial charge < -0.3 is 10.1 Å². The van der Waals surface area contributed by atoms with E-state index in [9.17, 15) is 17.5 Å². The number of ether oxygens (including phenoxy) is 1. The summed E-state index contributed by atoms with van der Waals surface area (Å²) in [7, 11) is -6.96. The van der Waals surface area contributed by atoms with Crippen molar-refractivity contribution in [1.29, 1.82) is 0 Å². The molecule has 1 saturated heterocycles. The third kappa shape index (κ3) is 3.90. The van der Waals surface area contributed by atoms with E-state index in [0.29, 0.717) is 16.2 Å². The third-order valence-electron chi connectivity index (χ3n) is 5.11. The molecule has 0 aliphatic carbocycles. The molecule has 0 amide bonds. The predicted molar refractivity (Wildman–Crippen MR) is 113 cm³/mol. The molecule has 0 aromatic heterocycles. The number of sulfone groups is 1. The maximum Gasteiger partial charge on any atom is 0.187 e. The van der Waals surface area contributed by atoms with Crippen LogP contribution in [0.5, 0.6) is 5.75 Å². The minimum absolute atomic E-state index is 0. The van der Waals surface area contributed by atoms with Gasteiger partial charge in [-0.2, -0.15) is 10.6 Å². The second-order valence-corrected chi connectivity index (χ2v) is 11.2. The van der Waals surface area contributed by atoms with E-state index >= 15 is 0 Å². The summed E-state index contributed by atoms with van der Waals surface area (Å²) >= 11 is 0. The molecule has 1 unspecified atom stereocenters. The van der Waals surface area contributed by atoms with Gasteiger partial charge in [-0.15, -0.1) is 12.4 Å². The summed E-state index contributed by atoms with van der Waals surface area (Å²) in [5.41, 5.74) is 0.403. The highest BCUT2D eigenvalue weighted by atomic mass is 35.5. The quantitative estimate of drug-likeness (QED) is 0.661. The van der Waals surface area contributed by atoms with Gasteiger partial charge in [0, 0.05) is 5.56 Å². The zero-order chi connectivity index (χ0) is 19.1. The maximum atomic E-state index is 13.3. The fourth-order valence-corrected chi connectivity index (χ4v) is 8.16. The summed E-state index contributed by atoms with van der Waals surface area (Å²) in [6, 6.07) is 13.2. The lowest BCUT2D eigenvalue weighted by atomic mass is 10.1. The molecular formula is C19H24ClNO5S2. The van der Waals surface area contributed by atoms with Crippen molar-refractivity contribution in [3.05, 3.63) is 54.1 Å². The first-order valence-electron chi connectivity index (χ1n) is 8.95. The van der Waals surface area contributed by atoms with Crippen LogP contribution >= 0.6 is 23.0 Å². The van der Waals surface area contributed by atoms with Crippen molar-refractivity contribution < 1.29 is 22.3 Å². The molecule has 0 spiro atoms. The van der Waals surface area contributed by atoms with Crippen molar-refractivity contribution in [3.8, 4) is 5.75 Å². The summed E-state index contributed by atoms with van der Waals surface area (Å²) < 4.78 is 53.8. The monoisotopic (exact) mass is 445 g/mol. The Hall–Kier alpha value is -1.29. The van der Waals surface area contributed by atoms with Gasteiger partial charge in [-0.3, -0.25) is 9.11 Å². The number of benzene rings is 2. The fourth-order valence-electron chi connectivity index (χ4n) is 3.73. The number of rotatable bonds is 4. The summed E-state index contributed by atoms with van der Waals surface area (Å²) in [6.45, 7) is 1.70. The van der Waals surface area contributed by atoms with Crippen molar-refractivity contribution in [1.82, 2.24) is 5.32 Å². The number of nitrogens with one attached hydrogen (secondary N) is 1. The topological polar surface area (TPSA) is 95.9 Å². The average molecular weight is 446 g/mol. The summed E-state index contributed by atoms with van der Waals surface area (Å²) in [4.78, 5) is 0.466. The van der Waals surface area contributed by atoms with E-state index in [4.69, 9.17) is 4.74 Å². The van der Waals surface area contributed by atoms with Gasteiger partial charge in [0.1, 0.15) is 17.1 Å². The zero-order valence-electron chi connectivity index (χ0n) is 15.2. The van der Waals surface area contributed by atoms with Crippen molar-refractivity contribution in [2.75, 3.05) is 18.8 Å². The zero-order valence-corrected chi connectivity index (χ0v) is 17.6. The van der Waals surface area contributed by atoms with Crippen molar-refractivity contribution in [2.24, 2.45) is 0 Å². The Morgan fingerprint density at radius 2 is 1.68 bits per heavy atom. The molecule has 2 aromatic rings. The SMILES string of the molecule is Cl.O=S(=O)(c1ccccc1)C1CS(O)(O)c2cccc(OC3CCNCC3)c21. The molecule has 28 heavy (non-hydrogen) atoms. The Labute approximate surface area is 173 Å². The first kappa shape index (κ1) is 21.4. The second kappa shape index (κ2) is 8.22. The molecule has 2 aromatic carbocycles. The molecule has 9 heteroatoms. The molecule has 0 radical (unpaired) electrons. The molecule has 0 bridgehead atoms. The molecule has 3 N–H and O–H groups in total. The highest BCUT2D eigenvalue weighted by molar-refractivity contribution is 8.25. The first-order chi connectivity index (χ1) is 12.9. The molecule has 0 saturated carbocycles. The van der Waals surface area contributed by atoms with Crippen LogP contribution in [0.3, 0.4) is 0 Å². The Kier molecular flexibility index (Phi) is 6.29. The number of fused-ring (bicyclic) bond motifs is 1. The van der Waals surface area contributed by atoms with E-state index in [2.05, 4.69) is 5.32 Å². The molecular weight excluding hydrogens is 422 g/mol. The molecule has 1 fully saturated rings. The minimum atomic E-state index is -3.78. The van der Waals surface area contributed by atoms with Crippen molar-refractivity contribution >= 4 is 32.8 Å². The van der Waals surface area contributed by atoms with Crippen LogP contribution in [0.1, 0.15) is 23.7 Å². The van der Waals surface area contributed by atoms with E-state index in [1.807, 2.05) is 0 Å². The lowest BCUT2D eigenvalue weighted by Crippen LogP contribution is -2.34. The largest absolute Gasteiger partial charge is 0.490 e.